The third-order valence-corrected chi connectivity index (χ3v) is 7.80. The van der Waals surface area contributed by atoms with Gasteiger partial charge in [-0.05, 0) is 57.7 Å². The Hall–Kier alpha value is -3.70. The number of nitrogens with one attached hydrogen (secondary N) is 1. The van der Waals surface area contributed by atoms with Crippen molar-refractivity contribution >= 4 is 30.7 Å². The summed E-state index contributed by atoms with van der Waals surface area (Å²) in [5.74, 6) is -0.00434. The summed E-state index contributed by atoms with van der Waals surface area (Å²) < 4.78 is 32.1. The lowest BCUT2D eigenvalue weighted by atomic mass is 9.71. The van der Waals surface area contributed by atoms with Crippen LogP contribution in [0.25, 0.3) is 21.6 Å². The zero-order valence-electron chi connectivity index (χ0n) is 21.3. The number of para-hydroxylation sites is 1. The average Bonchev–Trinajstić information content (AvgIpc) is 3.27. The molecule has 3 N–H and O–H groups in total. The number of hydrogen-bond donors (Lipinski definition) is 2. The molecule has 0 spiro atoms. The van der Waals surface area contributed by atoms with Crippen molar-refractivity contribution in [2.24, 2.45) is 5.11 Å². The summed E-state index contributed by atoms with van der Waals surface area (Å²) >= 11 is 0. The molecule has 202 valence electrons. The largest absolute Gasteiger partial charge is 0.462 e. The summed E-state index contributed by atoms with van der Waals surface area (Å²) in [5.41, 5.74) is 15.4. The second-order valence-corrected chi connectivity index (χ2v) is 11.1. The van der Waals surface area contributed by atoms with Crippen LogP contribution in [0.1, 0.15) is 46.1 Å². The topological polar surface area (TPSA) is 192 Å². The predicted octanol–water partition coefficient (Wildman–Crippen LogP) is 4.32. The van der Waals surface area contributed by atoms with Crippen molar-refractivity contribution in [2.45, 2.75) is 63.8 Å². The van der Waals surface area contributed by atoms with Crippen LogP contribution in [0.4, 0.5) is 5.82 Å². The van der Waals surface area contributed by atoms with Gasteiger partial charge >= 0.3 is 13.7 Å². The second-order valence-electron chi connectivity index (χ2n) is 9.38. The minimum absolute atomic E-state index is 0.0314. The number of nitrogens with zero attached hydrogens (tertiary/aromatic N) is 7. The first-order chi connectivity index (χ1) is 18.1. The Morgan fingerprint density at radius 1 is 1.29 bits per heavy atom. The molecule has 1 unspecified atom stereocenters. The van der Waals surface area contributed by atoms with Crippen molar-refractivity contribution in [3.63, 3.8) is 0 Å². The van der Waals surface area contributed by atoms with E-state index in [2.05, 4.69) is 30.1 Å². The predicted molar refractivity (Wildman–Crippen MR) is 139 cm³/mol. The van der Waals surface area contributed by atoms with Crippen LogP contribution in [-0.2, 0) is 18.6 Å². The van der Waals surface area contributed by atoms with E-state index in [0.29, 0.717) is 29.8 Å². The van der Waals surface area contributed by atoms with Gasteiger partial charge in [-0.2, -0.15) is 5.09 Å². The second kappa shape index (κ2) is 11.4. The maximum absolute atomic E-state index is 13.7. The molecule has 14 nitrogen and oxygen atoms in total. The van der Waals surface area contributed by atoms with Gasteiger partial charge in [0.2, 0.25) is 0 Å². The van der Waals surface area contributed by atoms with E-state index in [-0.39, 0.29) is 31.0 Å². The van der Waals surface area contributed by atoms with Crippen LogP contribution >= 0.6 is 7.75 Å². The van der Waals surface area contributed by atoms with Gasteiger partial charge in [0.05, 0.1) is 24.6 Å². The highest BCUT2D eigenvalue weighted by molar-refractivity contribution is 7.52. The third kappa shape index (κ3) is 6.22. The molecule has 0 aliphatic heterocycles. The van der Waals surface area contributed by atoms with Crippen LogP contribution in [0.5, 0.6) is 5.75 Å². The molecule has 0 saturated heterocycles. The highest BCUT2D eigenvalue weighted by Gasteiger charge is 2.45. The number of carbonyl (C=O) groups excluding carboxylic acids is 1. The van der Waals surface area contributed by atoms with E-state index in [1.54, 1.807) is 50.5 Å². The molecule has 2 aromatic heterocycles. The van der Waals surface area contributed by atoms with Gasteiger partial charge in [-0.15, -0.1) is 0 Å². The lowest BCUT2D eigenvalue weighted by molar-refractivity contribution is -0.149. The maximum atomic E-state index is 13.7. The molecule has 0 amide bonds. The molecule has 1 aromatic carbocycles. The van der Waals surface area contributed by atoms with Gasteiger partial charge in [0.25, 0.3) is 0 Å². The first-order valence-electron chi connectivity index (χ1n) is 12.1. The number of benzene rings is 1. The normalized spacial score (nSPS) is 21.2. The molecule has 1 aliphatic rings. The van der Waals surface area contributed by atoms with Gasteiger partial charge in [-0.3, -0.25) is 9.32 Å². The van der Waals surface area contributed by atoms with Crippen LogP contribution < -0.4 is 15.3 Å². The van der Waals surface area contributed by atoms with Crippen LogP contribution in [0.15, 0.2) is 48.1 Å². The van der Waals surface area contributed by atoms with Crippen molar-refractivity contribution in [2.75, 3.05) is 12.3 Å². The first-order valence-corrected chi connectivity index (χ1v) is 13.6. The van der Waals surface area contributed by atoms with Gasteiger partial charge in [0, 0.05) is 11.0 Å². The van der Waals surface area contributed by atoms with E-state index in [0.717, 1.165) is 0 Å². The zero-order valence-corrected chi connectivity index (χ0v) is 22.2. The van der Waals surface area contributed by atoms with Crippen molar-refractivity contribution in [1.29, 1.82) is 0 Å². The van der Waals surface area contributed by atoms with E-state index >= 15 is 0 Å². The van der Waals surface area contributed by atoms with Crippen molar-refractivity contribution in [3.8, 4) is 5.75 Å². The number of anilines is 1. The summed E-state index contributed by atoms with van der Waals surface area (Å²) in [4.78, 5) is 27.9. The lowest BCUT2D eigenvalue weighted by Crippen LogP contribution is -2.44. The van der Waals surface area contributed by atoms with Gasteiger partial charge in [0.1, 0.15) is 23.6 Å². The highest BCUT2D eigenvalue weighted by atomic mass is 31.2. The molecule has 2 atom stereocenters. The fourth-order valence-corrected chi connectivity index (χ4v) is 5.76. The lowest BCUT2D eigenvalue weighted by Gasteiger charge is -2.45. The number of esters is 1. The van der Waals surface area contributed by atoms with Crippen LogP contribution in [0, 0.1) is 0 Å². The number of azide groups is 1. The van der Waals surface area contributed by atoms with Crippen molar-refractivity contribution in [3.05, 3.63) is 53.4 Å². The molecule has 1 saturated carbocycles. The average molecular weight is 544 g/mol. The van der Waals surface area contributed by atoms with Crippen molar-refractivity contribution in [1.82, 2.24) is 24.6 Å². The number of fused-ring (bicyclic) bond motifs is 1. The number of rotatable bonds is 12. The van der Waals surface area contributed by atoms with Crippen LogP contribution in [-0.4, -0.2) is 49.8 Å². The molecule has 4 rings (SSSR count). The number of nitrogens with two attached hydrogens (primary N) is 1. The number of carbonyl (C=O) groups is 1. The fourth-order valence-electron chi connectivity index (χ4n) is 4.27. The zero-order chi connectivity index (χ0) is 27.3. The molecule has 1 fully saturated rings. The molecule has 1 aliphatic carbocycles. The molecule has 3 aromatic rings. The van der Waals surface area contributed by atoms with E-state index in [4.69, 9.17) is 19.5 Å². The monoisotopic (exact) mass is 543 g/mol. The molecule has 0 bridgehead atoms. The summed E-state index contributed by atoms with van der Waals surface area (Å²) in [7, 11) is -4.02. The molecule has 2 heterocycles. The van der Waals surface area contributed by atoms with Gasteiger partial charge in [-0.1, -0.05) is 23.3 Å². The third-order valence-electron chi connectivity index (χ3n) is 6.12. The smallest absolute Gasteiger partial charge is 0.459 e. The molecule has 15 heteroatoms. The Labute approximate surface area is 219 Å². The Kier molecular flexibility index (Phi) is 8.17. The number of imidazole rings is 1. The molecular formula is C23H30N9O5P. The number of ether oxygens (including phenoxy) is 1. The first kappa shape index (κ1) is 27.3. The van der Waals surface area contributed by atoms with E-state index < -0.39 is 25.3 Å². The standard InChI is InChI=1S/C23H30N9O5P/c1-15(2)36-22(33)16(3)29-38(34,37-18-7-5-4-6-8-18)35-10-9-23(30-31-25)11-17(12-23)32-14-28-19-20(24)26-13-27-21(19)32/h4-8,13-17H,9-12H2,1-3H3,(H,29,34)(H2,24,26,27)/t16-,17?,23?,38?/m0/s1. The van der Waals surface area contributed by atoms with Crippen LogP contribution in [0.2, 0.25) is 0 Å². The molecular weight excluding hydrogens is 513 g/mol. The van der Waals surface area contributed by atoms with Gasteiger partial charge in [-0.25, -0.2) is 19.5 Å². The Bertz CT molecular complexity index is 1370. The minimum atomic E-state index is -4.02. The number of nitrogen functional groups attached to an aromatic ring is 1. The van der Waals surface area contributed by atoms with E-state index in [1.807, 2.05) is 4.57 Å². The molecule has 0 radical (unpaired) electrons. The van der Waals surface area contributed by atoms with Gasteiger partial charge in [0.15, 0.2) is 11.5 Å². The summed E-state index contributed by atoms with van der Waals surface area (Å²) in [6.07, 6.45) is 3.92. The fraction of sp³-hybridized carbons (Fsp3) is 0.478. The van der Waals surface area contributed by atoms with Crippen LogP contribution in [0.3, 0.4) is 0 Å². The number of hydrogen-bond acceptors (Lipinski definition) is 10. The number of aromatic nitrogens is 4. The minimum Gasteiger partial charge on any atom is -0.462 e. The van der Waals surface area contributed by atoms with E-state index in [9.17, 15) is 14.9 Å². The Balaban J connectivity index is 1.44. The quantitative estimate of drug-likeness (QED) is 0.109. The van der Waals surface area contributed by atoms with E-state index in [1.165, 1.54) is 13.3 Å². The van der Waals surface area contributed by atoms with Gasteiger partial charge < -0.3 is 19.6 Å². The summed E-state index contributed by atoms with van der Waals surface area (Å²) in [5, 5.41) is 6.68. The highest BCUT2D eigenvalue weighted by Crippen LogP contribution is 2.50. The Morgan fingerprint density at radius 2 is 2.03 bits per heavy atom. The maximum Gasteiger partial charge on any atom is 0.459 e. The Morgan fingerprint density at radius 3 is 2.71 bits per heavy atom. The molecule has 38 heavy (non-hydrogen) atoms. The summed E-state index contributed by atoms with van der Waals surface area (Å²) in [6, 6.07) is 7.48. The van der Waals surface area contributed by atoms with Crippen molar-refractivity contribution < 1.29 is 23.1 Å². The SMILES string of the molecule is CC(C)OC(=O)[C@H](C)NP(=O)(OCCC1(N=[N+]=[N-])CC(n2cnc3c(N)ncnc32)C1)Oc1ccccc1. The summed E-state index contributed by atoms with van der Waals surface area (Å²) in [6.45, 7) is 4.89.